The third kappa shape index (κ3) is 3.31. The fourth-order valence-corrected chi connectivity index (χ4v) is 2.67. The van der Waals surface area contributed by atoms with Crippen molar-refractivity contribution in [3.05, 3.63) is 29.8 Å². The molecule has 0 aliphatic carbocycles. The van der Waals surface area contributed by atoms with Gasteiger partial charge in [0.05, 0.1) is 0 Å². The van der Waals surface area contributed by atoms with Gasteiger partial charge in [-0.3, -0.25) is 4.79 Å². The molecule has 0 saturated carbocycles. The van der Waals surface area contributed by atoms with Crippen LogP contribution in [0, 0.1) is 5.92 Å². The molecule has 0 aromatic heterocycles. The highest BCUT2D eigenvalue weighted by atomic mass is 16.3. The smallest absolute Gasteiger partial charge is 0.253 e. The summed E-state index contributed by atoms with van der Waals surface area (Å²) in [6.45, 7) is 4.76. The van der Waals surface area contributed by atoms with Gasteiger partial charge in [0.2, 0.25) is 0 Å². The Kier molecular flexibility index (Phi) is 5.01. The Bertz CT molecular complexity index is 444. The highest BCUT2D eigenvalue weighted by molar-refractivity contribution is 5.94. The molecule has 1 heterocycles. The maximum atomic E-state index is 12.3. The van der Waals surface area contributed by atoms with Crippen LogP contribution in [0.2, 0.25) is 0 Å². The Morgan fingerprint density at radius 1 is 1.40 bits per heavy atom. The van der Waals surface area contributed by atoms with Gasteiger partial charge in [-0.2, -0.15) is 0 Å². The molecule has 1 aromatic carbocycles. The van der Waals surface area contributed by atoms with Gasteiger partial charge in [0.25, 0.3) is 5.91 Å². The van der Waals surface area contributed by atoms with Crippen LogP contribution in [0.1, 0.15) is 30.1 Å². The molecule has 0 spiro atoms. The lowest BCUT2D eigenvalue weighted by atomic mass is 10.1. The van der Waals surface area contributed by atoms with Gasteiger partial charge in [-0.15, -0.1) is 0 Å². The zero-order valence-electron chi connectivity index (χ0n) is 12.4. The summed E-state index contributed by atoms with van der Waals surface area (Å²) in [5, 5.41) is 9.14. The number of benzene rings is 1. The molecule has 1 N–H and O–H groups in total. The van der Waals surface area contributed by atoms with Gasteiger partial charge in [0, 0.05) is 50.5 Å². The first-order chi connectivity index (χ1) is 9.65. The minimum absolute atomic E-state index is 0.0747. The molecule has 1 atom stereocenters. The zero-order chi connectivity index (χ0) is 14.5. The van der Waals surface area contributed by atoms with Gasteiger partial charge >= 0.3 is 0 Å². The van der Waals surface area contributed by atoms with E-state index in [0.717, 1.165) is 37.2 Å². The van der Waals surface area contributed by atoms with Gasteiger partial charge in [-0.05, 0) is 37.1 Å². The maximum Gasteiger partial charge on any atom is 0.253 e. The molecule has 1 fully saturated rings. The molecule has 20 heavy (non-hydrogen) atoms. The van der Waals surface area contributed by atoms with Gasteiger partial charge < -0.3 is 14.9 Å². The Balaban J connectivity index is 2.01. The van der Waals surface area contributed by atoms with Crippen molar-refractivity contribution in [2.45, 2.75) is 19.8 Å². The van der Waals surface area contributed by atoms with E-state index >= 15 is 0 Å². The SMILES string of the molecule is CCCN(C)c1ccc(C(=O)N2CCC(CO)C2)cc1. The van der Waals surface area contributed by atoms with Crippen molar-refractivity contribution >= 4 is 11.6 Å². The number of rotatable bonds is 5. The molecule has 110 valence electrons. The number of carbonyl (C=O) groups is 1. The number of nitrogens with zero attached hydrogens (tertiary/aromatic N) is 2. The van der Waals surface area contributed by atoms with E-state index in [2.05, 4.69) is 18.9 Å². The van der Waals surface area contributed by atoms with Gasteiger partial charge in [0.15, 0.2) is 0 Å². The van der Waals surface area contributed by atoms with Crippen molar-refractivity contribution < 1.29 is 9.90 Å². The number of anilines is 1. The lowest BCUT2D eigenvalue weighted by Gasteiger charge is -2.20. The molecule has 1 aromatic rings. The standard InChI is InChI=1S/C16H24N2O2/c1-3-9-17(2)15-6-4-14(5-7-15)16(20)18-10-8-13(11-18)12-19/h4-7,13,19H,3,8-12H2,1-2H3. The third-order valence-corrected chi connectivity index (χ3v) is 3.95. The summed E-state index contributed by atoms with van der Waals surface area (Å²) < 4.78 is 0. The number of hydrogen-bond donors (Lipinski definition) is 1. The number of likely N-dealkylation sites (tertiary alicyclic amines) is 1. The van der Waals surface area contributed by atoms with E-state index in [1.54, 1.807) is 0 Å². The highest BCUT2D eigenvalue weighted by Crippen LogP contribution is 2.20. The van der Waals surface area contributed by atoms with Gasteiger partial charge in [0.1, 0.15) is 0 Å². The monoisotopic (exact) mass is 276 g/mol. The van der Waals surface area contributed by atoms with Gasteiger partial charge in [-0.25, -0.2) is 0 Å². The van der Waals surface area contributed by atoms with E-state index in [9.17, 15) is 4.79 Å². The van der Waals surface area contributed by atoms with Crippen LogP contribution < -0.4 is 4.90 Å². The molecule has 1 unspecified atom stereocenters. The lowest BCUT2D eigenvalue weighted by molar-refractivity contribution is 0.0782. The average Bonchev–Trinajstić information content (AvgIpc) is 2.96. The Labute approximate surface area is 121 Å². The van der Waals surface area contributed by atoms with E-state index in [-0.39, 0.29) is 18.4 Å². The van der Waals surface area contributed by atoms with Crippen LogP contribution in [0.5, 0.6) is 0 Å². The van der Waals surface area contributed by atoms with Crippen molar-refractivity contribution in [2.24, 2.45) is 5.92 Å². The normalized spacial score (nSPS) is 18.4. The first-order valence-electron chi connectivity index (χ1n) is 7.37. The van der Waals surface area contributed by atoms with E-state index in [1.807, 2.05) is 29.2 Å². The second kappa shape index (κ2) is 6.75. The summed E-state index contributed by atoms with van der Waals surface area (Å²) in [5.41, 5.74) is 1.87. The van der Waals surface area contributed by atoms with Crippen LogP contribution in [0.25, 0.3) is 0 Å². The predicted molar refractivity (Wildman–Crippen MR) is 81.1 cm³/mol. The topological polar surface area (TPSA) is 43.8 Å². The van der Waals surface area contributed by atoms with E-state index in [1.165, 1.54) is 0 Å². The number of carbonyl (C=O) groups excluding carboxylic acids is 1. The molecular weight excluding hydrogens is 252 g/mol. The third-order valence-electron chi connectivity index (χ3n) is 3.95. The van der Waals surface area contributed by atoms with Crippen LogP contribution in [-0.4, -0.2) is 49.2 Å². The van der Waals surface area contributed by atoms with Crippen molar-refractivity contribution in [3.63, 3.8) is 0 Å². The number of aliphatic hydroxyl groups excluding tert-OH is 1. The Morgan fingerprint density at radius 2 is 2.10 bits per heavy atom. The van der Waals surface area contributed by atoms with Crippen LogP contribution in [-0.2, 0) is 0 Å². The summed E-state index contributed by atoms with van der Waals surface area (Å²) in [6.07, 6.45) is 2.01. The summed E-state index contributed by atoms with van der Waals surface area (Å²) in [6, 6.07) is 7.80. The number of hydrogen-bond acceptors (Lipinski definition) is 3. The van der Waals surface area contributed by atoms with Crippen molar-refractivity contribution in [2.75, 3.05) is 38.2 Å². The second-order valence-corrected chi connectivity index (χ2v) is 5.56. The molecule has 0 bridgehead atoms. The maximum absolute atomic E-state index is 12.3. The van der Waals surface area contributed by atoms with Crippen molar-refractivity contribution in [1.29, 1.82) is 0 Å². The summed E-state index contributed by atoms with van der Waals surface area (Å²) >= 11 is 0. The fraction of sp³-hybridized carbons (Fsp3) is 0.562. The molecular formula is C16H24N2O2. The van der Waals surface area contributed by atoms with Crippen LogP contribution in [0.3, 0.4) is 0 Å². The lowest BCUT2D eigenvalue weighted by Crippen LogP contribution is -2.29. The molecule has 2 rings (SSSR count). The minimum atomic E-state index is 0.0747. The first kappa shape index (κ1) is 14.9. The molecule has 1 saturated heterocycles. The van der Waals surface area contributed by atoms with Crippen molar-refractivity contribution in [1.82, 2.24) is 4.90 Å². The number of amides is 1. The Hall–Kier alpha value is -1.55. The molecule has 0 radical (unpaired) electrons. The highest BCUT2D eigenvalue weighted by Gasteiger charge is 2.26. The molecule has 1 aliphatic heterocycles. The van der Waals surface area contributed by atoms with E-state index < -0.39 is 0 Å². The molecule has 1 aliphatic rings. The van der Waals surface area contributed by atoms with Crippen molar-refractivity contribution in [3.8, 4) is 0 Å². The van der Waals surface area contributed by atoms with Gasteiger partial charge in [-0.1, -0.05) is 6.92 Å². The summed E-state index contributed by atoms with van der Waals surface area (Å²) in [4.78, 5) is 16.4. The summed E-state index contributed by atoms with van der Waals surface area (Å²) in [7, 11) is 2.06. The Morgan fingerprint density at radius 3 is 2.65 bits per heavy atom. The van der Waals surface area contributed by atoms with Crippen LogP contribution in [0.4, 0.5) is 5.69 Å². The molecule has 4 heteroatoms. The first-order valence-corrected chi connectivity index (χ1v) is 7.37. The minimum Gasteiger partial charge on any atom is -0.396 e. The molecule has 4 nitrogen and oxygen atoms in total. The van der Waals surface area contributed by atoms with Crippen LogP contribution >= 0.6 is 0 Å². The fourth-order valence-electron chi connectivity index (χ4n) is 2.67. The van der Waals surface area contributed by atoms with E-state index in [4.69, 9.17) is 5.11 Å². The largest absolute Gasteiger partial charge is 0.396 e. The van der Waals surface area contributed by atoms with E-state index in [0.29, 0.717) is 6.54 Å². The summed E-state index contributed by atoms with van der Waals surface area (Å²) in [5.74, 6) is 0.319. The molecule has 1 amide bonds. The second-order valence-electron chi connectivity index (χ2n) is 5.56. The quantitative estimate of drug-likeness (QED) is 0.894. The number of aliphatic hydroxyl groups is 1. The zero-order valence-corrected chi connectivity index (χ0v) is 12.4. The van der Waals surface area contributed by atoms with Crippen LogP contribution in [0.15, 0.2) is 24.3 Å². The predicted octanol–water partition coefficient (Wildman–Crippen LogP) is 1.99. The average molecular weight is 276 g/mol.